The van der Waals surface area contributed by atoms with Crippen molar-refractivity contribution in [2.45, 2.75) is 58.2 Å². The lowest BCUT2D eigenvalue weighted by atomic mass is 10.0. The molecule has 0 aliphatic heterocycles. The van der Waals surface area contributed by atoms with Gasteiger partial charge in [0.2, 0.25) is 5.91 Å². The summed E-state index contributed by atoms with van der Waals surface area (Å²) in [6.45, 7) is 4.14. The van der Waals surface area contributed by atoms with E-state index in [1.54, 1.807) is 16.2 Å². The van der Waals surface area contributed by atoms with E-state index in [-0.39, 0.29) is 17.9 Å². The smallest absolute Gasteiger partial charge is 0.267 e. The third kappa shape index (κ3) is 5.05. The molecule has 1 N–H and O–H groups in total. The van der Waals surface area contributed by atoms with Crippen LogP contribution in [-0.2, 0) is 11.3 Å². The number of nitrogens with zero attached hydrogens (tertiary/aromatic N) is 2. The summed E-state index contributed by atoms with van der Waals surface area (Å²) in [5.41, 5.74) is 1.54. The Hall–Kier alpha value is -2.51. The van der Waals surface area contributed by atoms with Gasteiger partial charge in [-0.1, -0.05) is 49.2 Å². The number of benzene rings is 1. The maximum Gasteiger partial charge on any atom is 0.267 e. The molecule has 1 saturated carbocycles. The molecule has 2 amide bonds. The molecule has 1 aliphatic carbocycles. The summed E-state index contributed by atoms with van der Waals surface area (Å²) < 4.78 is 0. The molecule has 0 bridgehead atoms. The first-order valence-electron chi connectivity index (χ1n) is 10.7. The fraction of sp³-hybridized carbons (Fsp3) is 0.375. The highest BCUT2D eigenvalue weighted by Gasteiger charge is 2.35. The van der Waals surface area contributed by atoms with Gasteiger partial charge < -0.3 is 10.2 Å². The van der Waals surface area contributed by atoms with E-state index in [0.29, 0.717) is 17.1 Å². The van der Waals surface area contributed by atoms with Gasteiger partial charge in [-0.3, -0.25) is 9.59 Å². The Balaban J connectivity index is 1.73. The Morgan fingerprint density at radius 1 is 1.13 bits per heavy atom. The summed E-state index contributed by atoms with van der Waals surface area (Å²) in [7, 11) is 0. The maximum atomic E-state index is 13.8. The number of nitrogens with one attached hydrogen (secondary N) is 1. The van der Waals surface area contributed by atoms with E-state index in [9.17, 15) is 9.59 Å². The zero-order valence-electron chi connectivity index (χ0n) is 17.8. The molecule has 162 valence electrons. The second kappa shape index (κ2) is 9.75. The molecule has 31 heavy (non-hydrogen) atoms. The van der Waals surface area contributed by atoms with Crippen LogP contribution in [0.25, 0.3) is 0 Å². The normalized spacial score (nSPS) is 15.0. The van der Waals surface area contributed by atoms with Gasteiger partial charge in [-0.05, 0) is 43.7 Å². The number of carbonyl (C=O) groups is 2. The van der Waals surface area contributed by atoms with Gasteiger partial charge in [0, 0.05) is 10.9 Å². The van der Waals surface area contributed by atoms with Crippen LogP contribution in [-0.4, -0.2) is 27.7 Å². The summed E-state index contributed by atoms with van der Waals surface area (Å²) in [6.07, 6.45) is 4.27. The molecule has 7 heteroatoms. The van der Waals surface area contributed by atoms with Crippen LogP contribution >= 0.6 is 22.7 Å². The highest BCUT2D eigenvalue weighted by Crippen LogP contribution is 2.30. The highest BCUT2D eigenvalue weighted by molar-refractivity contribution is 7.13. The van der Waals surface area contributed by atoms with Crippen molar-refractivity contribution in [3.05, 3.63) is 73.9 Å². The Morgan fingerprint density at radius 2 is 1.87 bits per heavy atom. The van der Waals surface area contributed by atoms with Crippen molar-refractivity contribution < 1.29 is 9.59 Å². The molecule has 0 radical (unpaired) electrons. The van der Waals surface area contributed by atoms with Crippen LogP contribution in [0.15, 0.2) is 47.8 Å². The van der Waals surface area contributed by atoms with E-state index in [4.69, 9.17) is 0 Å². The quantitative estimate of drug-likeness (QED) is 0.530. The summed E-state index contributed by atoms with van der Waals surface area (Å²) in [6, 6.07) is 13.1. The number of aryl methyl sites for hydroxylation is 2. The lowest BCUT2D eigenvalue weighted by Crippen LogP contribution is -2.45. The standard InChI is InChI=1S/C24H27N3O2S2/c1-16-22(31-17(2)25-16)24(29)27(15-20-13-8-14-30-20)21(18-9-4-3-5-10-18)23(28)26-19-11-6-7-12-19/h3-5,8-10,13-14,19,21H,6-7,11-12,15H2,1-2H3,(H,26,28)/t21-/m0/s1. The van der Waals surface area contributed by atoms with Gasteiger partial charge in [-0.25, -0.2) is 4.98 Å². The van der Waals surface area contributed by atoms with E-state index in [0.717, 1.165) is 41.1 Å². The molecular formula is C24H27N3O2S2. The molecule has 1 fully saturated rings. The van der Waals surface area contributed by atoms with Crippen molar-refractivity contribution >= 4 is 34.5 Å². The summed E-state index contributed by atoms with van der Waals surface area (Å²) in [5.74, 6) is -0.256. The van der Waals surface area contributed by atoms with Crippen molar-refractivity contribution in [2.75, 3.05) is 0 Å². The van der Waals surface area contributed by atoms with Gasteiger partial charge in [0.15, 0.2) is 0 Å². The number of hydrogen-bond donors (Lipinski definition) is 1. The van der Waals surface area contributed by atoms with Gasteiger partial charge in [-0.15, -0.1) is 22.7 Å². The summed E-state index contributed by atoms with van der Waals surface area (Å²) in [4.78, 5) is 35.2. The molecule has 5 nitrogen and oxygen atoms in total. The van der Waals surface area contributed by atoms with Gasteiger partial charge in [-0.2, -0.15) is 0 Å². The first kappa shape index (κ1) is 21.7. The Morgan fingerprint density at radius 3 is 2.48 bits per heavy atom. The molecule has 1 atom stereocenters. The van der Waals surface area contributed by atoms with Crippen molar-refractivity contribution in [1.82, 2.24) is 15.2 Å². The van der Waals surface area contributed by atoms with Crippen molar-refractivity contribution in [3.8, 4) is 0 Å². The van der Waals surface area contributed by atoms with E-state index in [1.807, 2.05) is 61.7 Å². The minimum Gasteiger partial charge on any atom is -0.351 e. The van der Waals surface area contributed by atoms with Gasteiger partial charge >= 0.3 is 0 Å². The molecule has 0 saturated heterocycles. The number of hydrogen-bond acceptors (Lipinski definition) is 5. The van der Waals surface area contributed by atoms with E-state index in [2.05, 4.69) is 10.3 Å². The molecule has 2 aromatic heterocycles. The molecule has 3 aromatic rings. The van der Waals surface area contributed by atoms with Crippen LogP contribution in [0.5, 0.6) is 0 Å². The lowest BCUT2D eigenvalue weighted by molar-refractivity contribution is -0.126. The molecule has 1 aromatic carbocycles. The third-order valence-corrected chi connectivity index (χ3v) is 7.56. The van der Waals surface area contributed by atoms with Gasteiger partial charge in [0.25, 0.3) is 5.91 Å². The van der Waals surface area contributed by atoms with Crippen LogP contribution in [0.2, 0.25) is 0 Å². The molecule has 2 heterocycles. The van der Waals surface area contributed by atoms with Crippen LogP contribution < -0.4 is 5.32 Å². The molecule has 0 unspecified atom stereocenters. The number of amides is 2. The van der Waals surface area contributed by atoms with Gasteiger partial charge in [0.05, 0.1) is 17.2 Å². The van der Waals surface area contributed by atoms with E-state index >= 15 is 0 Å². The molecule has 1 aliphatic rings. The fourth-order valence-corrected chi connectivity index (χ4v) is 5.75. The van der Waals surface area contributed by atoms with E-state index in [1.165, 1.54) is 11.3 Å². The largest absolute Gasteiger partial charge is 0.351 e. The predicted octanol–water partition coefficient (Wildman–Crippen LogP) is 5.26. The minimum atomic E-state index is -0.696. The lowest BCUT2D eigenvalue weighted by Gasteiger charge is -2.32. The fourth-order valence-electron chi connectivity index (χ4n) is 4.17. The van der Waals surface area contributed by atoms with Crippen LogP contribution in [0, 0.1) is 13.8 Å². The number of rotatable bonds is 7. The topological polar surface area (TPSA) is 62.3 Å². The van der Waals surface area contributed by atoms with Gasteiger partial charge in [0.1, 0.15) is 10.9 Å². The SMILES string of the molecule is Cc1nc(C)c(C(=O)N(Cc2cccs2)[C@H](C(=O)NC2CCCC2)c2ccccc2)s1. The van der Waals surface area contributed by atoms with E-state index < -0.39 is 6.04 Å². The second-order valence-corrected chi connectivity index (χ2v) is 10.2. The zero-order chi connectivity index (χ0) is 21.8. The van der Waals surface area contributed by atoms with Crippen LogP contribution in [0.1, 0.15) is 62.5 Å². The molecule has 4 rings (SSSR count). The highest BCUT2D eigenvalue weighted by atomic mass is 32.1. The summed E-state index contributed by atoms with van der Waals surface area (Å²) in [5, 5.41) is 6.07. The molecule has 0 spiro atoms. The monoisotopic (exact) mass is 453 g/mol. The number of thiazole rings is 1. The first-order valence-corrected chi connectivity index (χ1v) is 12.3. The minimum absolute atomic E-state index is 0.109. The predicted molar refractivity (Wildman–Crippen MR) is 125 cm³/mol. The third-order valence-electron chi connectivity index (χ3n) is 5.64. The maximum absolute atomic E-state index is 13.8. The number of carbonyl (C=O) groups excluding carboxylic acids is 2. The average Bonchev–Trinajstić information content (AvgIpc) is 3.51. The van der Waals surface area contributed by atoms with Crippen molar-refractivity contribution in [3.63, 3.8) is 0 Å². The number of thiophene rings is 1. The first-order chi connectivity index (χ1) is 15.0. The Labute approximate surface area is 191 Å². The van der Waals surface area contributed by atoms with Crippen LogP contribution in [0.4, 0.5) is 0 Å². The average molecular weight is 454 g/mol. The van der Waals surface area contributed by atoms with Crippen LogP contribution in [0.3, 0.4) is 0 Å². The van der Waals surface area contributed by atoms with Crippen molar-refractivity contribution in [1.29, 1.82) is 0 Å². The Bertz CT molecular complexity index is 1020. The number of aromatic nitrogens is 1. The Kier molecular flexibility index (Phi) is 6.83. The van der Waals surface area contributed by atoms with Crippen molar-refractivity contribution in [2.24, 2.45) is 0 Å². The molecular weight excluding hydrogens is 426 g/mol. The second-order valence-electron chi connectivity index (χ2n) is 7.96. The summed E-state index contributed by atoms with van der Waals surface area (Å²) >= 11 is 2.98. The zero-order valence-corrected chi connectivity index (χ0v) is 19.5.